The van der Waals surface area contributed by atoms with Crippen molar-refractivity contribution in [1.29, 1.82) is 0 Å². The first-order chi connectivity index (χ1) is 14.0. The Kier molecular flexibility index (Phi) is 5.80. The number of carbonyl (C=O) groups excluding carboxylic acids is 1. The number of benzene rings is 1. The highest BCUT2D eigenvalue weighted by molar-refractivity contribution is 5.95. The predicted molar refractivity (Wildman–Crippen MR) is 109 cm³/mol. The lowest BCUT2D eigenvalue weighted by Gasteiger charge is -2.26. The van der Waals surface area contributed by atoms with Gasteiger partial charge < -0.3 is 19.7 Å². The first-order valence-corrected chi connectivity index (χ1v) is 10.1. The molecule has 0 spiro atoms. The van der Waals surface area contributed by atoms with E-state index >= 15 is 0 Å². The van der Waals surface area contributed by atoms with Crippen LogP contribution in [0.2, 0.25) is 0 Å². The van der Waals surface area contributed by atoms with Crippen LogP contribution in [0.25, 0.3) is 0 Å². The fraction of sp³-hybridized carbons (Fsp3) is 0.455. The van der Waals surface area contributed by atoms with Crippen molar-refractivity contribution in [3.63, 3.8) is 0 Å². The number of amides is 1. The van der Waals surface area contributed by atoms with Gasteiger partial charge in [0.15, 0.2) is 0 Å². The molecule has 0 radical (unpaired) electrons. The van der Waals surface area contributed by atoms with Crippen LogP contribution < -0.4 is 10.9 Å². The molecule has 1 aliphatic heterocycles. The van der Waals surface area contributed by atoms with Crippen molar-refractivity contribution in [2.24, 2.45) is 0 Å². The summed E-state index contributed by atoms with van der Waals surface area (Å²) in [6, 6.07) is 8.98. The van der Waals surface area contributed by atoms with E-state index < -0.39 is 18.1 Å². The summed E-state index contributed by atoms with van der Waals surface area (Å²) in [4.78, 5) is 28.2. The highest BCUT2D eigenvalue weighted by atomic mass is 16.5. The number of morpholine rings is 1. The maximum atomic E-state index is 13.0. The van der Waals surface area contributed by atoms with Crippen molar-refractivity contribution in [1.82, 2.24) is 14.8 Å². The van der Waals surface area contributed by atoms with Gasteiger partial charge in [-0.25, -0.2) is 0 Å². The molecule has 2 aromatic rings. The molecule has 0 bridgehead atoms. The second-order valence-corrected chi connectivity index (χ2v) is 7.75. The van der Waals surface area contributed by atoms with Crippen molar-refractivity contribution < 1.29 is 14.6 Å². The zero-order valence-corrected chi connectivity index (χ0v) is 16.6. The van der Waals surface area contributed by atoms with Gasteiger partial charge in [0.2, 0.25) is 0 Å². The monoisotopic (exact) mass is 397 g/mol. The number of pyridine rings is 1. The topological polar surface area (TPSA) is 83.8 Å². The molecular formula is C22H27N3O4. The number of nitrogens with zero attached hydrogens (tertiary/aromatic N) is 2. The molecule has 1 aromatic heterocycles. The van der Waals surface area contributed by atoms with Gasteiger partial charge in [-0.3, -0.25) is 14.5 Å². The highest BCUT2D eigenvalue weighted by Gasteiger charge is 2.33. The van der Waals surface area contributed by atoms with E-state index in [4.69, 9.17) is 4.74 Å². The van der Waals surface area contributed by atoms with Gasteiger partial charge in [-0.05, 0) is 29.7 Å². The largest absolute Gasteiger partial charge is 0.390 e. The Balaban J connectivity index is 1.51. The molecule has 1 aromatic carbocycles. The average Bonchev–Trinajstić information content (AvgIpc) is 3.03. The number of rotatable bonds is 5. The number of nitrogens with one attached hydrogen (secondary N) is 1. The van der Waals surface area contributed by atoms with Crippen molar-refractivity contribution in [2.75, 3.05) is 32.8 Å². The van der Waals surface area contributed by atoms with Gasteiger partial charge in [0.1, 0.15) is 5.56 Å². The number of ether oxygens (including phenoxy) is 1. The van der Waals surface area contributed by atoms with Gasteiger partial charge in [-0.1, -0.05) is 24.3 Å². The smallest absolute Gasteiger partial charge is 0.263 e. The molecule has 1 saturated heterocycles. The minimum Gasteiger partial charge on any atom is -0.390 e. The van der Waals surface area contributed by atoms with Crippen molar-refractivity contribution in [2.45, 2.75) is 32.0 Å². The second-order valence-electron chi connectivity index (χ2n) is 7.75. The van der Waals surface area contributed by atoms with E-state index in [1.165, 1.54) is 0 Å². The fourth-order valence-electron chi connectivity index (χ4n) is 4.15. The molecule has 154 valence electrons. The maximum Gasteiger partial charge on any atom is 0.263 e. The Hall–Kier alpha value is -2.48. The Morgan fingerprint density at radius 3 is 2.76 bits per heavy atom. The van der Waals surface area contributed by atoms with Gasteiger partial charge in [0, 0.05) is 38.8 Å². The highest BCUT2D eigenvalue weighted by Crippen LogP contribution is 2.31. The SMILES string of the molecule is Cc1ccn(CCN2CCOCC2)c(=O)c1C(=O)N[C@@H]1c2ccccc2C[C@@H]1O. The molecule has 2 heterocycles. The first kappa shape index (κ1) is 19.8. The number of hydrogen-bond acceptors (Lipinski definition) is 5. The van der Waals surface area contributed by atoms with Gasteiger partial charge in [-0.2, -0.15) is 0 Å². The van der Waals surface area contributed by atoms with Crippen LogP contribution in [0, 0.1) is 6.92 Å². The van der Waals surface area contributed by atoms with Gasteiger partial charge in [0.05, 0.1) is 25.4 Å². The number of hydrogen-bond donors (Lipinski definition) is 2. The molecule has 2 N–H and O–H groups in total. The van der Waals surface area contributed by atoms with Crippen LogP contribution in [-0.2, 0) is 17.7 Å². The fourth-order valence-corrected chi connectivity index (χ4v) is 4.15. The lowest BCUT2D eigenvalue weighted by molar-refractivity contribution is 0.0362. The molecule has 7 nitrogen and oxygen atoms in total. The van der Waals surface area contributed by atoms with Gasteiger partial charge in [0.25, 0.3) is 11.5 Å². The summed E-state index contributed by atoms with van der Waals surface area (Å²) >= 11 is 0. The Bertz CT molecular complexity index is 949. The molecule has 0 unspecified atom stereocenters. The summed E-state index contributed by atoms with van der Waals surface area (Å²) in [5, 5.41) is 13.3. The first-order valence-electron chi connectivity index (χ1n) is 10.1. The maximum absolute atomic E-state index is 13.0. The zero-order chi connectivity index (χ0) is 20.4. The molecule has 7 heteroatoms. The minimum atomic E-state index is -0.691. The lowest BCUT2D eigenvalue weighted by atomic mass is 10.1. The standard InChI is InChI=1S/C22H27N3O4/c1-15-6-7-25(9-8-24-10-12-29-13-11-24)22(28)19(15)21(27)23-20-17-5-3-2-4-16(17)14-18(20)26/h2-7,18,20,26H,8-14H2,1H3,(H,23,27)/t18-,20+/m0/s1. The Morgan fingerprint density at radius 2 is 1.97 bits per heavy atom. The number of aryl methyl sites for hydroxylation is 1. The number of aliphatic hydroxyl groups is 1. The summed E-state index contributed by atoms with van der Waals surface area (Å²) in [6.45, 7) is 6.15. The van der Waals surface area contributed by atoms with Crippen LogP contribution in [0.4, 0.5) is 0 Å². The minimum absolute atomic E-state index is 0.144. The molecule has 1 amide bonds. The summed E-state index contributed by atoms with van der Waals surface area (Å²) in [7, 11) is 0. The van der Waals surface area contributed by atoms with Crippen molar-refractivity contribution in [3.8, 4) is 0 Å². The number of aliphatic hydroxyl groups excluding tert-OH is 1. The molecule has 1 fully saturated rings. The molecule has 0 saturated carbocycles. The summed E-state index contributed by atoms with van der Waals surface area (Å²) in [5.74, 6) is -0.436. The summed E-state index contributed by atoms with van der Waals surface area (Å²) < 4.78 is 6.95. The van der Waals surface area contributed by atoms with Crippen molar-refractivity contribution in [3.05, 3.63) is 69.1 Å². The average molecular weight is 397 g/mol. The molecule has 1 aliphatic carbocycles. The third kappa shape index (κ3) is 4.12. The van der Waals surface area contributed by atoms with E-state index in [2.05, 4.69) is 10.2 Å². The van der Waals surface area contributed by atoms with E-state index in [-0.39, 0.29) is 11.1 Å². The molecule has 2 atom stereocenters. The van der Waals surface area contributed by atoms with E-state index in [1.54, 1.807) is 23.8 Å². The zero-order valence-electron chi connectivity index (χ0n) is 16.6. The van der Waals surface area contributed by atoms with Crippen LogP contribution >= 0.6 is 0 Å². The summed E-state index contributed by atoms with van der Waals surface area (Å²) in [5.41, 5.74) is 2.42. The lowest BCUT2D eigenvalue weighted by Crippen LogP contribution is -2.41. The van der Waals surface area contributed by atoms with E-state index in [0.29, 0.717) is 31.7 Å². The van der Waals surface area contributed by atoms with Crippen LogP contribution in [0.15, 0.2) is 41.3 Å². The molecule has 29 heavy (non-hydrogen) atoms. The molecule has 4 rings (SSSR count). The van der Waals surface area contributed by atoms with E-state index in [1.807, 2.05) is 24.3 Å². The predicted octanol–water partition coefficient (Wildman–Crippen LogP) is 0.877. The summed E-state index contributed by atoms with van der Waals surface area (Å²) in [6.07, 6.45) is 1.55. The number of aromatic nitrogens is 1. The number of carbonyl (C=O) groups is 1. The Labute approximate surface area is 169 Å². The van der Waals surface area contributed by atoms with Crippen LogP contribution in [0.5, 0.6) is 0 Å². The Morgan fingerprint density at radius 1 is 1.21 bits per heavy atom. The number of fused-ring (bicyclic) bond motifs is 1. The van der Waals surface area contributed by atoms with Crippen LogP contribution in [-0.4, -0.2) is 59.4 Å². The van der Waals surface area contributed by atoms with E-state index in [0.717, 1.165) is 30.8 Å². The molecule has 2 aliphatic rings. The quantitative estimate of drug-likeness (QED) is 0.783. The van der Waals surface area contributed by atoms with Gasteiger partial charge >= 0.3 is 0 Å². The second kappa shape index (κ2) is 8.49. The van der Waals surface area contributed by atoms with Gasteiger partial charge in [-0.15, -0.1) is 0 Å². The third-order valence-electron chi connectivity index (χ3n) is 5.85. The molecular weight excluding hydrogens is 370 g/mol. The normalized spacial score (nSPS) is 21.7. The third-order valence-corrected chi connectivity index (χ3v) is 5.85. The van der Waals surface area contributed by atoms with E-state index in [9.17, 15) is 14.7 Å². The van der Waals surface area contributed by atoms with Crippen LogP contribution in [0.3, 0.4) is 0 Å². The van der Waals surface area contributed by atoms with Crippen molar-refractivity contribution >= 4 is 5.91 Å². The van der Waals surface area contributed by atoms with Crippen LogP contribution in [0.1, 0.15) is 33.1 Å².